The highest BCUT2D eigenvalue weighted by Gasteiger charge is 2.19. The molecule has 1 aliphatic rings. The van der Waals surface area contributed by atoms with Gasteiger partial charge >= 0.3 is 11.8 Å². The van der Waals surface area contributed by atoms with Gasteiger partial charge in [-0.2, -0.15) is 0 Å². The van der Waals surface area contributed by atoms with Gasteiger partial charge in [-0.1, -0.05) is 29.8 Å². The lowest BCUT2D eigenvalue weighted by atomic mass is 9.99. The minimum absolute atomic E-state index is 0.0695. The van der Waals surface area contributed by atoms with Crippen LogP contribution in [0.2, 0.25) is 5.02 Å². The van der Waals surface area contributed by atoms with Crippen LogP contribution in [0.15, 0.2) is 66.9 Å². The predicted molar refractivity (Wildman–Crippen MR) is 163 cm³/mol. The Balaban J connectivity index is 1.22. The van der Waals surface area contributed by atoms with Gasteiger partial charge in [0.25, 0.3) is 0 Å². The Kier molecular flexibility index (Phi) is 9.91. The monoisotopic (exact) mass is 606 g/mol. The number of nitrogens with one attached hydrogen (secondary N) is 3. The molecule has 2 amide bonds. The number of anilines is 1. The molecule has 0 saturated carbocycles. The lowest BCUT2D eigenvalue weighted by Gasteiger charge is -2.23. The van der Waals surface area contributed by atoms with Gasteiger partial charge in [-0.15, -0.1) is 0 Å². The van der Waals surface area contributed by atoms with Crippen LogP contribution in [0.1, 0.15) is 18.4 Å². The number of halogens is 2. The molecule has 0 aliphatic carbocycles. The van der Waals surface area contributed by atoms with Crippen molar-refractivity contribution < 1.29 is 28.2 Å². The zero-order valence-electron chi connectivity index (χ0n) is 23.6. The van der Waals surface area contributed by atoms with E-state index in [4.69, 9.17) is 25.8 Å². The van der Waals surface area contributed by atoms with Crippen molar-refractivity contribution >= 4 is 40.0 Å². The minimum atomic E-state index is -0.919. The SMILES string of the molecule is COc1c(OCC2CCNCC2)ccc2c(Oc3ccc(NC(=O)C(=O)NCCc4ccccc4Cl)cc3F)ccnc12. The quantitative estimate of drug-likeness (QED) is 0.204. The smallest absolute Gasteiger partial charge is 0.313 e. The summed E-state index contributed by atoms with van der Waals surface area (Å²) in [7, 11) is 1.55. The molecule has 1 aromatic heterocycles. The zero-order valence-corrected chi connectivity index (χ0v) is 24.4. The van der Waals surface area contributed by atoms with Gasteiger partial charge in [0.05, 0.1) is 13.7 Å². The number of amides is 2. The van der Waals surface area contributed by atoms with Crippen molar-refractivity contribution in [2.24, 2.45) is 5.92 Å². The maximum atomic E-state index is 15.0. The average Bonchev–Trinajstić information content (AvgIpc) is 3.02. The van der Waals surface area contributed by atoms with Crippen molar-refractivity contribution in [1.82, 2.24) is 15.6 Å². The van der Waals surface area contributed by atoms with E-state index in [-0.39, 0.29) is 18.0 Å². The van der Waals surface area contributed by atoms with E-state index in [0.29, 0.717) is 52.1 Å². The van der Waals surface area contributed by atoms with E-state index in [2.05, 4.69) is 20.9 Å². The Morgan fingerprint density at radius 3 is 2.58 bits per heavy atom. The summed E-state index contributed by atoms with van der Waals surface area (Å²) in [5.41, 5.74) is 1.48. The van der Waals surface area contributed by atoms with Gasteiger partial charge in [0.1, 0.15) is 11.3 Å². The number of hydrogen-bond acceptors (Lipinski definition) is 7. The van der Waals surface area contributed by atoms with Crippen LogP contribution in [-0.4, -0.2) is 50.1 Å². The Morgan fingerprint density at radius 2 is 1.81 bits per heavy atom. The molecular weight excluding hydrogens is 575 g/mol. The van der Waals surface area contributed by atoms with Gasteiger partial charge in [0.2, 0.25) is 0 Å². The third kappa shape index (κ3) is 7.52. The second-order valence-electron chi connectivity index (χ2n) is 10.1. The van der Waals surface area contributed by atoms with E-state index in [0.717, 1.165) is 37.6 Å². The first-order chi connectivity index (χ1) is 20.9. The fraction of sp³-hybridized carbons (Fsp3) is 0.281. The zero-order chi connectivity index (χ0) is 30.2. The summed E-state index contributed by atoms with van der Waals surface area (Å²) in [6, 6.07) is 16.4. The van der Waals surface area contributed by atoms with Crippen LogP contribution in [0.5, 0.6) is 23.0 Å². The minimum Gasteiger partial charge on any atom is -0.491 e. The summed E-state index contributed by atoms with van der Waals surface area (Å²) in [5, 5.41) is 9.48. The molecule has 0 spiro atoms. The lowest BCUT2D eigenvalue weighted by molar-refractivity contribution is -0.136. The number of carbonyl (C=O) groups excluding carboxylic acids is 2. The topological polar surface area (TPSA) is 111 Å². The van der Waals surface area contributed by atoms with Gasteiger partial charge in [-0.3, -0.25) is 14.6 Å². The maximum absolute atomic E-state index is 15.0. The fourth-order valence-electron chi connectivity index (χ4n) is 4.86. The van der Waals surface area contributed by atoms with Crippen molar-refractivity contribution in [1.29, 1.82) is 0 Å². The summed E-state index contributed by atoms with van der Waals surface area (Å²) in [6.45, 7) is 2.76. The van der Waals surface area contributed by atoms with Crippen LogP contribution < -0.4 is 30.2 Å². The van der Waals surface area contributed by atoms with E-state index >= 15 is 4.39 Å². The summed E-state index contributed by atoms with van der Waals surface area (Å²) < 4.78 is 32.7. The Bertz CT molecular complexity index is 1610. The van der Waals surface area contributed by atoms with E-state index in [9.17, 15) is 9.59 Å². The first-order valence-corrected chi connectivity index (χ1v) is 14.4. The second kappa shape index (κ2) is 14.2. The van der Waals surface area contributed by atoms with Crippen LogP contribution in [0.25, 0.3) is 10.9 Å². The fourth-order valence-corrected chi connectivity index (χ4v) is 5.09. The molecule has 0 atom stereocenters. The molecule has 9 nitrogen and oxygen atoms in total. The number of hydrogen-bond donors (Lipinski definition) is 3. The van der Waals surface area contributed by atoms with Crippen molar-refractivity contribution in [3.05, 3.63) is 83.3 Å². The molecule has 1 fully saturated rings. The Morgan fingerprint density at radius 1 is 1.02 bits per heavy atom. The molecule has 1 aliphatic heterocycles. The number of rotatable bonds is 10. The summed E-state index contributed by atoms with van der Waals surface area (Å²) in [4.78, 5) is 29.0. The van der Waals surface area contributed by atoms with E-state index in [1.165, 1.54) is 12.1 Å². The van der Waals surface area contributed by atoms with Crippen LogP contribution in [-0.2, 0) is 16.0 Å². The molecule has 0 radical (unpaired) electrons. The van der Waals surface area contributed by atoms with Gasteiger partial charge in [0.15, 0.2) is 23.1 Å². The largest absolute Gasteiger partial charge is 0.491 e. The summed E-state index contributed by atoms with van der Waals surface area (Å²) in [6.07, 6.45) is 4.12. The third-order valence-electron chi connectivity index (χ3n) is 7.18. The van der Waals surface area contributed by atoms with Crippen molar-refractivity contribution in [2.45, 2.75) is 19.3 Å². The molecule has 4 aromatic rings. The Hall–Kier alpha value is -4.41. The van der Waals surface area contributed by atoms with Gasteiger partial charge in [-0.05, 0) is 80.2 Å². The molecule has 0 unspecified atom stereocenters. The van der Waals surface area contributed by atoms with Crippen molar-refractivity contribution in [2.75, 3.05) is 38.7 Å². The molecule has 3 N–H and O–H groups in total. The Labute approximate surface area is 253 Å². The normalized spacial score (nSPS) is 13.4. The molecule has 11 heteroatoms. The van der Waals surface area contributed by atoms with E-state index in [1.54, 1.807) is 37.6 Å². The van der Waals surface area contributed by atoms with Crippen LogP contribution >= 0.6 is 11.6 Å². The van der Waals surface area contributed by atoms with E-state index in [1.807, 2.05) is 18.2 Å². The summed E-state index contributed by atoms with van der Waals surface area (Å²) >= 11 is 6.12. The van der Waals surface area contributed by atoms with Gasteiger partial charge in [-0.25, -0.2) is 4.39 Å². The number of aromatic nitrogens is 1. The maximum Gasteiger partial charge on any atom is 0.313 e. The molecule has 1 saturated heterocycles. The van der Waals surface area contributed by atoms with Crippen molar-refractivity contribution in [3.63, 3.8) is 0 Å². The first kappa shape index (κ1) is 30.1. The van der Waals surface area contributed by atoms with Crippen LogP contribution in [0, 0.1) is 11.7 Å². The number of methoxy groups -OCH3 is 1. The number of carbonyl (C=O) groups is 2. The predicted octanol–water partition coefficient (Wildman–Crippen LogP) is 5.50. The summed E-state index contributed by atoms with van der Waals surface area (Å²) in [5.74, 6) is -0.675. The highest BCUT2D eigenvalue weighted by atomic mass is 35.5. The van der Waals surface area contributed by atoms with Crippen LogP contribution in [0.4, 0.5) is 10.1 Å². The molecule has 3 aromatic carbocycles. The van der Waals surface area contributed by atoms with Gasteiger partial charge < -0.3 is 30.2 Å². The van der Waals surface area contributed by atoms with Gasteiger partial charge in [0, 0.05) is 34.9 Å². The number of nitrogens with zero attached hydrogens (tertiary/aromatic N) is 1. The van der Waals surface area contributed by atoms with Crippen LogP contribution in [0.3, 0.4) is 0 Å². The van der Waals surface area contributed by atoms with Crippen molar-refractivity contribution in [3.8, 4) is 23.0 Å². The second-order valence-corrected chi connectivity index (χ2v) is 10.5. The number of pyridine rings is 1. The molecule has 43 heavy (non-hydrogen) atoms. The highest BCUT2D eigenvalue weighted by Crippen LogP contribution is 2.40. The molecule has 0 bridgehead atoms. The highest BCUT2D eigenvalue weighted by molar-refractivity contribution is 6.39. The van der Waals surface area contributed by atoms with E-state index < -0.39 is 17.6 Å². The molecular formula is C32H32ClFN4O5. The number of ether oxygens (including phenoxy) is 3. The standard InChI is InChI=1S/C32H32ClFN4O5/c1-41-30-28(42-19-20-10-14-35-15-11-20)9-7-23-26(13-17-36-29(23)30)43-27-8-6-22(18-25(27)34)38-32(40)31(39)37-16-12-21-4-2-3-5-24(21)33/h2-9,13,17-18,20,35H,10-12,14-16,19H2,1H3,(H,37,39)(H,38,40). The first-order valence-electron chi connectivity index (χ1n) is 14.0. The average molecular weight is 607 g/mol. The molecule has 5 rings (SSSR count). The number of fused-ring (bicyclic) bond motifs is 1. The number of benzene rings is 3. The molecule has 2 heterocycles. The lowest BCUT2D eigenvalue weighted by Crippen LogP contribution is -2.36. The molecule has 224 valence electrons. The number of piperidine rings is 1. The third-order valence-corrected chi connectivity index (χ3v) is 7.55.